The number of carbonyl (C=O) groups excluding carboxylic acids is 1. The third kappa shape index (κ3) is 5.40. The molecule has 1 aliphatic rings. The Kier molecular flexibility index (Phi) is 7.51. The summed E-state index contributed by atoms with van der Waals surface area (Å²) in [5.41, 5.74) is 1.20. The molecule has 6 heteroatoms. The molecule has 1 aliphatic heterocycles. The standard InChI is InChI=1S/C14H19BrN2O2.ClH/c1-10(7-11-3-2-4-12(15)8-11)17-14(18)13-9-19-6-5-16-13;/h2-4,8,10,13,16H,5-7,9H2,1H3,(H,17,18);1H. The van der Waals surface area contributed by atoms with Gasteiger partial charge >= 0.3 is 0 Å². The van der Waals surface area contributed by atoms with E-state index in [1.165, 1.54) is 5.56 Å². The Bertz CT molecular complexity index is 439. The van der Waals surface area contributed by atoms with E-state index < -0.39 is 0 Å². The Morgan fingerprint density at radius 3 is 3.05 bits per heavy atom. The Hall–Kier alpha value is -0.620. The SMILES string of the molecule is CC(Cc1cccc(Br)c1)NC(=O)C1COCCN1.Cl. The van der Waals surface area contributed by atoms with E-state index in [4.69, 9.17) is 4.74 Å². The molecule has 0 bridgehead atoms. The highest BCUT2D eigenvalue weighted by molar-refractivity contribution is 9.10. The summed E-state index contributed by atoms with van der Waals surface area (Å²) in [7, 11) is 0. The molecule has 1 aromatic carbocycles. The van der Waals surface area contributed by atoms with Crippen molar-refractivity contribution in [3.05, 3.63) is 34.3 Å². The second kappa shape index (κ2) is 8.62. The molecule has 4 nitrogen and oxygen atoms in total. The number of carbonyl (C=O) groups is 1. The van der Waals surface area contributed by atoms with E-state index in [-0.39, 0.29) is 30.4 Å². The number of hydrogen-bond acceptors (Lipinski definition) is 3. The monoisotopic (exact) mass is 362 g/mol. The Labute approximate surface area is 134 Å². The molecule has 112 valence electrons. The molecule has 0 saturated carbocycles. The van der Waals surface area contributed by atoms with Gasteiger partial charge in [-0.25, -0.2) is 0 Å². The van der Waals surface area contributed by atoms with Crippen LogP contribution in [0, 0.1) is 0 Å². The fourth-order valence-corrected chi connectivity index (χ4v) is 2.59. The average molecular weight is 364 g/mol. The first-order chi connectivity index (χ1) is 9.15. The average Bonchev–Trinajstić information content (AvgIpc) is 2.39. The van der Waals surface area contributed by atoms with Gasteiger partial charge in [0.25, 0.3) is 0 Å². The van der Waals surface area contributed by atoms with Gasteiger partial charge in [0, 0.05) is 17.1 Å². The molecule has 1 heterocycles. The summed E-state index contributed by atoms with van der Waals surface area (Å²) in [6.07, 6.45) is 0.818. The molecule has 1 aromatic rings. The van der Waals surface area contributed by atoms with Gasteiger partial charge in [0.05, 0.1) is 13.2 Å². The maximum atomic E-state index is 12.0. The molecule has 0 spiro atoms. The summed E-state index contributed by atoms with van der Waals surface area (Å²) < 4.78 is 6.35. The van der Waals surface area contributed by atoms with Gasteiger partial charge in [0.1, 0.15) is 6.04 Å². The van der Waals surface area contributed by atoms with Gasteiger partial charge < -0.3 is 15.4 Å². The van der Waals surface area contributed by atoms with E-state index in [9.17, 15) is 4.79 Å². The Morgan fingerprint density at radius 1 is 1.60 bits per heavy atom. The van der Waals surface area contributed by atoms with Crippen molar-refractivity contribution in [2.45, 2.75) is 25.4 Å². The normalized spacial score (nSPS) is 19.8. The van der Waals surface area contributed by atoms with Crippen molar-refractivity contribution in [3.8, 4) is 0 Å². The van der Waals surface area contributed by atoms with Crippen LogP contribution in [0.15, 0.2) is 28.7 Å². The summed E-state index contributed by atoms with van der Waals surface area (Å²) in [6.45, 7) is 3.88. The lowest BCUT2D eigenvalue weighted by Gasteiger charge is -2.24. The van der Waals surface area contributed by atoms with Gasteiger partial charge in [0.2, 0.25) is 5.91 Å². The number of amides is 1. The summed E-state index contributed by atoms with van der Waals surface area (Å²) in [4.78, 5) is 12.0. The van der Waals surface area contributed by atoms with Crippen molar-refractivity contribution in [2.24, 2.45) is 0 Å². The van der Waals surface area contributed by atoms with Crippen LogP contribution in [0.5, 0.6) is 0 Å². The maximum Gasteiger partial charge on any atom is 0.239 e. The first-order valence-corrected chi connectivity index (χ1v) is 7.30. The van der Waals surface area contributed by atoms with Crippen molar-refractivity contribution in [1.29, 1.82) is 0 Å². The zero-order valence-electron chi connectivity index (χ0n) is 11.4. The fourth-order valence-electron chi connectivity index (χ4n) is 2.15. The van der Waals surface area contributed by atoms with Crippen LogP contribution in [-0.4, -0.2) is 37.7 Å². The van der Waals surface area contributed by atoms with E-state index in [0.717, 1.165) is 17.4 Å². The van der Waals surface area contributed by atoms with Gasteiger partial charge in [-0.2, -0.15) is 0 Å². The second-order valence-electron chi connectivity index (χ2n) is 4.83. The molecule has 1 saturated heterocycles. The molecule has 2 N–H and O–H groups in total. The fraction of sp³-hybridized carbons (Fsp3) is 0.500. The number of halogens is 2. The topological polar surface area (TPSA) is 50.4 Å². The largest absolute Gasteiger partial charge is 0.378 e. The second-order valence-corrected chi connectivity index (χ2v) is 5.74. The minimum absolute atomic E-state index is 0. The van der Waals surface area contributed by atoms with E-state index in [1.807, 2.05) is 19.1 Å². The summed E-state index contributed by atoms with van der Waals surface area (Å²) >= 11 is 3.45. The van der Waals surface area contributed by atoms with Crippen LogP contribution in [0.4, 0.5) is 0 Å². The van der Waals surface area contributed by atoms with E-state index in [2.05, 4.69) is 38.7 Å². The third-order valence-corrected chi connectivity index (χ3v) is 3.55. The number of hydrogen-bond donors (Lipinski definition) is 2. The molecule has 1 amide bonds. The van der Waals surface area contributed by atoms with Crippen molar-refractivity contribution >= 4 is 34.2 Å². The Morgan fingerprint density at radius 2 is 2.40 bits per heavy atom. The first-order valence-electron chi connectivity index (χ1n) is 6.51. The molecule has 2 rings (SSSR count). The van der Waals surface area contributed by atoms with Crippen LogP contribution in [0.3, 0.4) is 0 Å². The molecule has 2 unspecified atom stereocenters. The van der Waals surface area contributed by atoms with Crippen molar-refractivity contribution in [2.75, 3.05) is 19.8 Å². The van der Waals surface area contributed by atoms with Gasteiger partial charge in [-0.15, -0.1) is 12.4 Å². The maximum absolute atomic E-state index is 12.0. The van der Waals surface area contributed by atoms with Crippen LogP contribution in [0.2, 0.25) is 0 Å². The van der Waals surface area contributed by atoms with Crippen molar-refractivity contribution < 1.29 is 9.53 Å². The number of nitrogens with one attached hydrogen (secondary N) is 2. The molecule has 20 heavy (non-hydrogen) atoms. The molecular weight excluding hydrogens is 344 g/mol. The van der Waals surface area contributed by atoms with Crippen LogP contribution in [0.1, 0.15) is 12.5 Å². The first kappa shape index (κ1) is 17.4. The number of rotatable bonds is 4. The minimum Gasteiger partial charge on any atom is -0.378 e. The highest BCUT2D eigenvalue weighted by atomic mass is 79.9. The van der Waals surface area contributed by atoms with Gasteiger partial charge in [0.15, 0.2) is 0 Å². The molecule has 1 fully saturated rings. The Balaban J connectivity index is 0.00000200. The minimum atomic E-state index is -0.223. The lowest BCUT2D eigenvalue weighted by Crippen LogP contribution is -2.53. The van der Waals surface area contributed by atoms with Crippen LogP contribution < -0.4 is 10.6 Å². The quantitative estimate of drug-likeness (QED) is 0.859. The predicted molar refractivity (Wildman–Crippen MR) is 85.3 cm³/mol. The van der Waals surface area contributed by atoms with Gasteiger partial charge in [-0.1, -0.05) is 28.1 Å². The molecular formula is C14H20BrClN2O2. The number of ether oxygens (including phenoxy) is 1. The summed E-state index contributed by atoms with van der Waals surface area (Å²) in [5.74, 6) is 0.0159. The van der Waals surface area contributed by atoms with Crippen LogP contribution in [0.25, 0.3) is 0 Å². The lowest BCUT2D eigenvalue weighted by atomic mass is 10.1. The van der Waals surface area contributed by atoms with E-state index >= 15 is 0 Å². The van der Waals surface area contributed by atoms with Crippen molar-refractivity contribution in [3.63, 3.8) is 0 Å². The smallest absolute Gasteiger partial charge is 0.239 e. The zero-order valence-corrected chi connectivity index (χ0v) is 13.8. The van der Waals surface area contributed by atoms with E-state index in [0.29, 0.717) is 13.2 Å². The third-order valence-electron chi connectivity index (χ3n) is 3.06. The number of morpholine rings is 1. The van der Waals surface area contributed by atoms with Gasteiger partial charge in [-0.3, -0.25) is 4.79 Å². The highest BCUT2D eigenvalue weighted by Crippen LogP contribution is 2.13. The number of benzene rings is 1. The lowest BCUT2D eigenvalue weighted by molar-refractivity contribution is -0.126. The highest BCUT2D eigenvalue weighted by Gasteiger charge is 2.22. The van der Waals surface area contributed by atoms with Crippen molar-refractivity contribution in [1.82, 2.24) is 10.6 Å². The summed E-state index contributed by atoms with van der Waals surface area (Å²) in [6, 6.07) is 8.02. The molecule has 0 aromatic heterocycles. The van der Waals surface area contributed by atoms with Gasteiger partial charge in [-0.05, 0) is 31.0 Å². The molecule has 0 aliphatic carbocycles. The van der Waals surface area contributed by atoms with Crippen LogP contribution >= 0.6 is 28.3 Å². The molecule has 2 atom stereocenters. The predicted octanol–water partition coefficient (Wildman–Crippen LogP) is 1.91. The molecule has 0 radical (unpaired) electrons. The summed E-state index contributed by atoms with van der Waals surface area (Å²) in [5, 5.41) is 6.17. The van der Waals surface area contributed by atoms with E-state index in [1.54, 1.807) is 0 Å². The zero-order chi connectivity index (χ0) is 13.7. The van der Waals surface area contributed by atoms with Crippen LogP contribution in [-0.2, 0) is 16.0 Å².